The molecule has 1 atom stereocenters. The maximum absolute atomic E-state index is 9.85. The Hall–Kier alpha value is -1.98. The number of unbranched alkanes of at least 4 members (excludes halogenated alkanes) is 1. The second-order valence-corrected chi connectivity index (χ2v) is 4.54. The molecule has 0 saturated heterocycles. The zero-order valence-corrected chi connectivity index (χ0v) is 11.1. The van der Waals surface area contributed by atoms with E-state index in [1.54, 1.807) is 6.92 Å². The standard InChI is InChI=1S/C17H18O2/c1-3-4-7-12-19-17-15(13(2)18)11-10-14-8-5-6-9-16(14)17/h1,5-6,8-11,13,18H,4,7,12H2,2H3. The van der Waals surface area contributed by atoms with Gasteiger partial charge in [0.2, 0.25) is 0 Å². The summed E-state index contributed by atoms with van der Waals surface area (Å²) in [7, 11) is 0. The topological polar surface area (TPSA) is 29.5 Å². The number of hydrogen-bond acceptors (Lipinski definition) is 2. The molecule has 2 aromatic carbocycles. The van der Waals surface area contributed by atoms with Crippen molar-refractivity contribution in [3.63, 3.8) is 0 Å². The Balaban J connectivity index is 2.36. The molecule has 2 aromatic rings. The molecular weight excluding hydrogens is 236 g/mol. The molecule has 2 nitrogen and oxygen atoms in total. The van der Waals surface area contributed by atoms with E-state index in [1.807, 2.05) is 36.4 Å². The lowest BCUT2D eigenvalue weighted by Crippen LogP contribution is -2.03. The molecular formula is C17H18O2. The molecule has 0 saturated carbocycles. The molecule has 0 aliphatic rings. The van der Waals surface area contributed by atoms with Gasteiger partial charge in [0.1, 0.15) is 5.75 Å². The first-order valence-electron chi connectivity index (χ1n) is 6.50. The van der Waals surface area contributed by atoms with Crippen molar-refractivity contribution in [2.75, 3.05) is 6.61 Å². The second kappa shape index (κ2) is 6.26. The van der Waals surface area contributed by atoms with E-state index >= 15 is 0 Å². The minimum atomic E-state index is -0.549. The van der Waals surface area contributed by atoms with Crippen molar-refractivity contribution >= 4 is 10.8 Å². The van der Waals surface area contributed by atoms with Gasteiger partial charge in [-0.05, 0) is 18.7 Å². The first-order valence-corrected chi connectivity index (χ1v) is 6.50. The number of ether oxygens (including phenoxy) is 1. The van der Waals surface area contributed by atoms with Crippen molar-refractivity contribution in [2.24, 2.45) is 0 Å². The lowest BCUT2D eigenvalue weighted by Gasteiger charge is -2.16. The Kier molecular flexibility index (Phi) is 4.43. The summed E-state index contributed by atoms with van der Waals surface area (Å²) in [4.78, 5) is 0. The van der Waals surface area contributed by atoms with Crippen LogP contribution in [0.3, 0.4) is 0 Å². The third kappa shape index (κ3) is 3.07. The number of rotatable bonds is 5. The van der Waals surface area contributed by atoms with Crippen LogP contribution >= 0.6 is 0 Å². The van der Waals surface area contributed by atoms with Crippen LogP contribution in [0.2, 0.25) is 0 Å². The van der Waals surface area contributed by atoms with Crippen LogP contribution in [0.4, 0.5) is 0 Å². The minimum absolute atomic E-state index is 0.549. The van der Waals surface area contributed by atoms with Crippen molar-refractivity contribution in [2.45, 2.75) is 25.9 Å². The SMILES string of the molecule is C#CCCCOc1c(C(C)O)ccc2ccccc12. The minimum Gasteiger partial charge on any atom is -0.493 e. The molecule has 0 aliphatic carbocycles. The molecule has 0 radical (unpaired) electrons. The number of hydrogen-bond donors (Lipinski definition) is 1. The largest absolute Gasteiger partial charge is 0.493 e. The maximum atomic E-state index is 9.85. The van der Waals surface area contributed by atoms with Gasteiger partial charge in [-0.2, -0.15) is 0 Å². The summed E-state index contributed by atoms with van der Waals surface area (Å²) in [6, 6.07) is 11.9. The predicted molar refractivity (Wildman–Crippen MR) is 78.1 cm³/mol. The summed E-state index contributed by atoms with van der Waals surface area (Å²) in [5.41, 5.74) is 0.819. The lowest BCUT2D eigenvalue weighted by atomic mass is 10.0. The summed E-state index contributed by atoms with van der Waals surface area (Å²) in [6.45, 7) is 2.32. The molecule has 1 unspecified atom stereocenters. The highest BCUT2D eigenvalue weighted by Gasteiger charge is 2.12. The van der Waals surface area contributed by atoms with Crippen molar-refractivity contribution in [3.8, 4) is 18.1 Å². The molecule has 98 valence electrons. The Morgan fingerprint density at radius 1 is 1.26 bits per heavy atom. The summed E-state index contributed by atoms with van der Waals surface area (Å²) >= 11 is 0. The second-order valence-electron chi connectivity index (χ2n) is 4.54. The van der Waals surface area contributed by atoms with Gasteiger partial charge in [0.25, 0.3) is 0 Å². The molecule has 0 spiro atoms. The number of terminal acetylenes is 1. The molecule has 0 fully saturated rings. The van der Waals surface area contributed by atoms with Gasteiger partial charge in [-0.3, -0.25) is 0 Å². The summed E-state index contributed by atoms with van der Waals surface area (Å²) in [5.74, 6) is 3.37. The van der Waals surface area contributed by atoms with Crippen LogP contribution in [0.5, 0.6) is 5.75 Å². The number of aliphatic hydroxyl groups is 1. The zero-order valence-electron chi connectivity index (χ0n) is 11.1. The van der Waals surface area contributed by atoms with E-state index in [0.29, 0.717) is 13.0 Å². The van der Waals surface area contributed by atoms with Gasteiger partial charge in [-0.1, -0.05) is 36.4 Å². The van der Waals surface area contributed by atoms with E-state index in [-0.39, 0.29) is 0 Å². The Labute approximate surface area is 114 Å². The highest BCUT2D eigenvalue weighted by molar-refractivity contribution is 5.89. The van der Waals surface area contributed by atoms with E-state index in [4.69, 9.17) is 11.2 Å². The summed E-state index contributed by atoms with van der Waals surface area (Å²) < 4.78 is 5.86. The highest BCUT2D eigenvalue weighted by atomic mass is 16.5. The van der Waals surface area contributed by atoms with E-state index in [2.05, 4.69) is 5.92 Å². The normalized spacial score (nSPS) is 12.1. The first-order chi connectivity index (χ1) is 9.24. The van der Waals surface area contributed by atoms with Crippen molar-refractivity contribution in [1.29, 1.82) is 0 Å². The average molecular weight is 254 g/mol. The van der Waals surface area contributed by atoms with Gasteiger partial charge in [0.05, 0.1) is 12.7 Å². The smallest absolute Gasteiger partial charge is 0.132 e. The molecule has 2 heteroatoms. The van der Waals surface area contributed by atoms with E-state index in [1.165, 1.54) is 0 Å². The third-order valence-electron chi connectivity index (χ3n) is 3.07. The summed E-state index contributed by atoms with van der Waals surface area (Å²) in [5, 5.41) is 12.0. The molecule has 1 N–H and O–H groups in total. The molecule has 19 heavy (non-hydrogen) atoms. The monoisotopic (exact) mass is 254 g/mol. The zero-order chi connectivity index (χ0) is 13.7. The molecule has 0 bridgehead atoms. The molecule has 0 heterocycles. The van der Waals surface area contributed by atoms with Gasteiger partial charge < -0.3 is 9.84 Å². The number of fused-ring (bicyclic) bond motifs is 1. The summed E-state index contributed by atoms with van der Waals surface area (Å²) in [6.07, 6.45) is 6.20. The molecule has 0 amide bonds. The van der Waals surface area contributed by atoms with Gasteiger partial charge in [0, 0.05) is 17.4 Å². The number of aliphatic hydroxyl groups excluding tert-OH is 1. The van der Waals surface area contributed by atoms with Crippen molar-refractivity contribution < 1.29 is 9.84 Å². The van der Waals surface area contributed by atoms with E-state index < -0.39 is 6.10 Å². The van der Waals surface area contributed by atoms with Crippen LogP contribution < -0.4 is 4.74 Å². The molecule has 0 aromatic heterocycles. The van der Waals surface area contributed by atoms with Crippen LogP contribution in [0.25, 0.3) is 10.8 Å². The fraction of sp³-hybridized carbons (Fsp3) is 0.294. The molecule has 2 rings (SSSR count). The number of benzene rings is 2. The van der Waals surface area contributed by atoms with E-state index in [0.717, 1.165) is 28.5 Å². The van der Waals surface area contributed by atoms with Crippen LogP contribution in [-0.4, -0.2) is 11.7 Å². The van der Waals surface area contributed by atoms with Crippen LogP contribution in [0.1, 0.15) is 31.4 Å². The predicted octanol–water partition coefficient (Wildman–Crippen LogP) is 3.69. The Morgan fingerprint density at radius 2 is 2.05 bits per heavy atom. The van der Waals surface area contributed by atoms with E-state index in [9.17, 15) is 5.11 Å². The lowest BCUT2D eigenvalue weighted by molar-refractivity contribution is 0.191. The van der Waals surface area contributed by atoms with Crippen LogP contribution in [-0.2, 0) is 0 Å². The van der Waals surface area contributed by atoms with Crippen LogP contribution in [0.15, 0.2) is 36.4 Å². The van der Waals surface area contributed by atoms with Gasteiger partial charge in [-0.15, -0.1) is 12.3 Å². The maximum Gasteiger partial charge on any atom is 0.132 e. The average Bonchev–Trinajstić information content (AvgIpc) is 2.43. The van der Waals surface area contributed by atoms with Gasteiger partial charge in [-0.25, -0.2) is 0 Å². The highest BCUT2D eigenvalue weighted by Crippen LogP contribution is 2.33. The van der Waals surface area contributed by atoms with Crippen molar-refractivity contribution in [3.05, 3.63) is 42.0 Å². The Bertz CT molecular complexity index is 594. The van der Waals surface area contributed by atoms with Crippen molar-refractivity contribution in [1.82, 2.24) is 0 Å². The quantitative estimate of drug-likeness (QED) is 0.651. The first kappa shape index (κ1) is 13.5. The van der Waals surface area contributed by atoms with Crippen LogP contribution in [0, 0.1) is 12.3 Å². The Morgan fingerprint density at radius 3 is 2.79 bits per heavy atom. The molecule has 0 aliphatic heterocycles. The van der Waals surface area contributed by atoms with Gasteiger partial charge in [0.15, 0.2) is 0 Å². The fourth-order valence-corrected chi connectivity index (χ4v) is 2.10. The van der Waals surface area contributed by atoms with Gasteiger partial charge >= 0.3 is 0 Å². The fourth-order valence-electron chi connectivity index (χ4n) is 2.10. The third-order valence-corrected chi connectivity index (χ3v) is 3.07.